The van der Waals surface area contributed by atoms with Gasteiger partial charge >= 0.3 is 5.97 Å². The van der Waals surface area contributed by atoms with E-state index in [1.807, 2.05) is 0 Å². The van der Waals surface area contributed by atoms with E-state index in [2.05, 4.69) is 0 Å². The molecule has 9 nitrogen and oxygen atoms in total. The van der Waals surface area contributed by atoms with Crippen molar-refractivity contribution >= 4 is 31.7 Å². The summed E-state index contributed by atoms with van der Waals surface area (Å²) in [7, 11) is -6.64. The maximum Gasteiger partial charge on any atom is 0.342 e. The third kappa shape index (κ3) is 3.74. The summed E-state index contributed by atoms with van der Waals surface area (Å²) < 4.78 is 65.3. The minimum absolute atomic E-state index is 0.0899. The van der Waals surface area contributed by atoms with Crippen LogP contribution >= 0.6 is 0 Å². The van der Waals surface area contributed by atoms with Gasteiger partial charge in [0.05, 0.1) is 17.7 Å². The zero-order valence-electron chi connectivity index (χ0n) is 18.1. The monoisotopic (exact) mass is 470 g/mol. The van der Waals surface area contributed by atoms with Crippen molar-refractivity contribution in [3.05, 3.63) is 40.8 Å². The molecule has 0 radical (unpaired) electrons. The van der Waals surface area contributed by atoms with Gasteiger partial charge in [-0.05, 0) is 44.0 Å². The fourth-order valence-corrected chi connectivity index (χ4v) is 7.28. The summed E-state index contributed by atoms with van der Waals surface area (Å²) in [6.45, 7) is 7.30. The second-order valence-corrected chi connectivity index (χ2v) is 10.9. The molecule has 1 aromatic carbocycles. The summed E-state index contributed by atoms with van der Waals surface area (Å²) in [5.74, 6) is -0.553. The summed E-state index contributed by atoms with van der Waals surface area (Å²) in [5.41, 5.74) is 0.857. The van der Waals surface area contributed by atoms with E-state index in [1.54, 1.807) is 13.8 Å². The van der Waals surface area contributed by atoms with Gasteiger partial charge in [-0.2, -0.15) is 4.31 Å². The van der Waals surface area contributed by atoms with Gasteiger partial charge in [-0.15, -0.1) is 0 Å². The molecule has 0 N–H and O–H groups in total. The molecule has 0 bridgehead atoms. The van der Waals surface area contributed by atoms with E-state index in [0.717, 1.165) is 0 Å². The predicted octanol–water partition coefficient (Wildman–Crippen LogP) is 2.46. The number of carbonyl (C=O) groups excluding carboxylic acids is 1. The minimum atomic E-state index is -4.14. The average Bonchev–Trinajstić information content (AvgIpc) is 3.28. The molecular weight excluding hydrogens is 444 g/mol. The lowest BCUT2D eigenvalue weighted by molar-refractivity contribution is 0.0595. The highest BCUT2D eigenvalue weighted by atomic mass is 32.2. The summed E-state index contributed by atoms with van der Waals surface area (Å²) in [5, 5.41) is 0. The van der Waals surface area contributed by atoms with Crippen molar-refractivity contribution in [3.63, 3.8) is 0 Å². The van der Waals surface area contributed by atoms with Gasteiger partial charge in [0.2, 0.25) is 10.0 Å². The highest BCUT2D eigenvalue weighted by Crippen LogP contribution is 2.38. The van der Waals surface area contributed by atoms with Crippen molar-refractivity contribution in [1.29, 1.82) is 0 Å². The van der Waals surface area contributed by atoms with Gasteiger partial charge < -0.3 is 9.15 Å². The van der Waals surface area contributed by atoms with Crippen LogP contribution in [-0.4, -0.2) is 53.9 Å². The predicted molar refractivity (Wildman–Crippen MR) is 114 cm³/mol. The summed E-state index contributed by atoms with van der Waals surface area (Å²) in [4.78, 5) is 12.1. The van der Waals surface area contributed by atoms with Gasteiger partial charge in [0.1, 0.15) is 22.0 Å². The van der Waals surface area contributed by atoms with Gasteiger partial charge in [-0.25, -0.2) is 21.6 Å². The number of methoxy groups -OCH3 is 1. The molecule has 0 aliphatic carbocycles. The Morgan fingerprint density at radius 2 is 1.77 bits per heavy atom. The normalized spacial score (nSPS) is 14.2. The summed E-state index contributed by atoms with van der Waals surface area (Å²) >= 11 is 0. The minimum Gasteiger partial charge on any atom is -0.465 e. The van der Waals surface area contributed by atoms with E-state index in [9.17, 15) is 21.6 Å². The number of carbonyl (C=O) groups is 1. The van der Waals surface area contributed by atoms with E-state index < -0.39 is 26.0 Å². The second-order valence-electron chi connectivity index (χ2n) is 7.12. The molecule has 0 unspecified atom stereocenters. The molecule has 1 aliphatic heterocycles. The molecule has 0 saturated heterocycles. The molecule has 1 aliphatic rings. The zero-order chi connectivity index (χ0) is 23.1. The number of rotatable bonds is 7. The van der Waals surface area contributed by atoms with Crippen LogP contribution in [0.1, 0.15) is 41.3 Å². The van der Waals surface area contributed by atoms with E-state index in [0.29, 0.717) is 30.8 Å². The van der Waals surface area contributed by atoms with Crippen LogP contribution in [0.3, 0.4) is 0 Å². The third-order valence-electron chi connectivity index (χ3n) is 5.39. The van der Waals surface area contributed by atoms with Crippen molar-refractivity contribution in [3.8, 4) is 0 Å². The Hall–Kier alpha value is -2.37. The fourth-order valence-electron chi connectivity index (χ4n) is 3.89. The first-order valence-corrected chi connectivity index (χ1v) is 12.7. The van der Waals surface area contributed by atoms with Crippen LogP contribution in [0.5, 0.6) is 0 Å². The molecule has 170 valence electrons. The Morgan fingerprint density at radius 1 is 1.13 bits per heavy atom. The van der Waals surface area contributed by atoms with Crippen LogP contribution in [0.4, 0.5) is 5.69 Å². The Kier molecular flexibility index (Phi) is 6.23. The van der Waals surface area contributed by atoms with Gasteiger partial charge in [-0.1, -0.05) is 13.8 Å². The summed E-state index contributed by atoms with van der Waals surface area (Å²) in [6.07, 6.45) is 0.347. The number of furan rings is 1. The number of ether oxygens (including phenoxy) is 1. The maximum absolute atomic E-state index is 13.5. The van der Waals surface area contributed by atoms with Crippen LogP contribution < -0.4 is 4.31 Å². The van der Waals surface area contributed by atoms with Crippen LogP contribution in [0.25, 0.3) is 0 Å². The Bertz CT molecular complexity index is 1230. The number of aryl methyl sites for hydroxylation is 2. The van der Waals surface area contributed by atoms with Crippen molar-refractivity contribution in [2.24, 2.45) is 0 Å². The molecule has 2 heterocycles. The van der Waals surface area contributed by atoms with E-state index in [4.69, 9.17) is 9.15 Å². The van der Waals surface area contributed by atoms with Crippen LogP contribution in [0.2, 0.25) is 0 Å². The van der Waals surface area contributed by atoms with Crippen molar-refractivity contribution < 1.29 is 30.8 Å². The van der Waals surface area contributed by atoms with Crippen molar-refractivity contribution in [2.45, 2.75) is 43.9 Å². The number of sulfonamides is 2. The molecule has 0 amide bonds. The number of esters is 1. The Labute approximate surface area is 182 Å². The van der Waals surface area contributed by atoms with E-state index in [-0.39, 0.29) is 33.4 Å². The molecule has 0 fully saturated rings. The topological polar surface area (TPSA) is 114 Å². The number of fused-ring (bicyclic) bond motifs is 1. The van der Waals surface area contributed by atoms with E-state index >= 15 is 0 Å². The quantitative estimate of drug-likeness (QED) is 0.571. The Morgan fingerprint density at radius 3 is 2.35 bits per heavy atom. The lowest BCUT2D eigenvalue weighted by atomic mass is 10.2. The molecule has 0 atom stereocenters. The number of benzene rings is 1. The van der Waals surface area contributed by atoms with Gasteiger partial charge in [-0.3, -0.25) is 4.31 Å². The van der Waals surface area contributed by atoms with Crippen LogP contribution in [-0.2, 0) is 31.2 Å². The first-order chi connectivity index (χ1) is 14.5. The standard InChI is InChI=1S/C20H26N2O7S2/c1-6-21(7-2)30(24,25)16-8-9-17-15(12-16)10-11-22(17)31(26,27)19-14(4)29-13(3)18(19)20(23)28-5/h8-9,12H,6-7,10-11H2,1-5H3. The molecule has 31 heavy (non-hydrogen) atoms. The first-order valence-electron chi connectivity index (χ1n) is 9.84. The molecular formula is C20H26N2O7S2. The fraction of sp³-hybridized carbons (Fsp3) is 0.450. The van der Waals surface area contributed by atoms with Crippen LogP contribution in [0, 0.1) is 13.8 Å². The molecule has 1 aromatic heterocycles. The largest absolute Gasteiger partial charge is 0.465 e. The number of anilines is 1. The highest BCUT2D eigenvalue weighted by Gasteiger charge is 2.39. The molecule has 0 saturated carbocycles. The van der Waals surface area contributed by atoms with Gasteiger partial charge in [0.25, 0.3) is 10.0 Å². The molecule has 11 heteroatoms. The third-order valence-corrected chi connectivity index (χ3v) is 9.40. The molecule has 3 rings (SSSR count). The lowest BCUT2D eigenvalue weighted by Gasteiger charge is -2.21. The second kappa shape index (κ2) is 8.29. The highest BCUT2D eigenvalue weighted by molar-refractivity contribution is 7.93. The van der Waals surface area contributed by atoms with Crippen molar-refractivity contribution in [2.75, 3.05) is 31.0 Å². The lowest BCUT2D eigenvalue weighted by Crippen LogP contribution is -2.31. The number of hydrogen-bond donors (Lipinski definition) is 0. The van der Waals surface area contributed by atoms with Crippen molar-refractivity contribution in [1.82, 2.24) is 4.31 Å². The zero-order valence-corrected chi connectivity index (χ0v) is 19.8. The van der Waals surface area contributed by atoms with Gasteiger partial charge in [0.15, 0.2) is 0 Å². The smallest absolute Gasteiger partial charge is 0.342 e. The molecule has 0 spiro atoms. The summed E-state index contributed by atoms with van der Waals surface area (Å²) in [6, 6.07) is 4.43. The number of hydrogen-bond acceptors (Lipinski definition) is 7. The SMILES string of the molecule is CCN(CC)S(=O)(=O)c1ccc2c(c1)CCN2S(=O)(=O)c1c(C)oc(C)c1C(=O)OC. The molecule has 2 aromatic rings. The maximum atomic E-state index is 13.5. The van der Waals surface area contributed by atoms with Gasteiger partial charge in [0, 0.05) is 19.6 Å². The van der Waals surface area contributed by atoms with E-state index in [1.165, 1.54) is 47.8 Å². The number of nitrogens with zero attached hydrogens (tertiary/aromatic N) is 2. The van der Waals surface area contributed by atoms with Crippen LogP contribution in [0.15, 0.2) is 32.4 Å². The Balaban J connectivity index is 2.08. The average molecular weight is 471 g/mol. The first kappa shape index (κ1) is 23.3.